The number of carbonyl (C=O) groups is 3. The molecule has 8 heteroatoms. The van der Waals surface area contributed by atoms with Gasteiger partial charge in [-0.25, -0.2) is 9.59 Å². The van der Waals surface area contributed by atoms with Gasteiger partial charge in [0, 0.05) is 16.5 Å². The van der Waals surface area contributed by atoms with Crippen LogP contribution in [0.5, 0.6) is 11.5 Å². The Balaban J connectivity index is 1.61. The van der Waals surface area contributed by atoms with Crippen molar-refractivity contribution in [3.8, 4) is 11.5 Å². The van der Waals surface area contributed by atoms with Gasteiger partial charge in [0.2, 0.25) is 0 Å². The summed E-state index contributed by atoms with van der Waals surface area (Å²) in [4.78, 5) is 36.1. The van der Waals surface area contributed by atoms with Crippen molar-refractivity contribution < 1.29 is 29.3 Å². The Morgan fingerprint density at radius 3 is 2.37 bits per heavy atom. The topological polar surface area (TPSA) is 125 Å². The van der Waals surface area contributed by atoms with Crippen LogP contribution in [0.1, 0.15) is 21.5 Å². The first kappa shape index (κ1) is 20.7. The SMILES string of the molecule is Cc1ccc(NC(=O)NC(=O)COC(=O)c2cc(O)c3ccccc3c2O)c(C)c1. The Labute approximate surface area is 172 Å². The second-order valence-corrected chi connectivity index (χ2v) is 6.73. The molecule has 3 aromatic carbocycles. The summed E-state index contributed by atoms with van der Waals surface area (Å²) < 4.78 is 4.86. The number of urea groups is 1. The number of ether oxygens (including phenoxy) is 1. The van der Waals surface area contributed by atoms with E-state index in [1.54, 1.807) is 24.3 Å². The summed E-state index contributed by atoms with van der Waals surface area (Å²) in [6, 6.07) is 12.1. The molecule has 3 amide bonds. The first-order valence-electron chi connectivity index (χ1n) is 9.05. The Kier molecular flexibility index (Phi) is 5.87. The lowest BCUT2D eigenvalue weighted by Gasteiger charge is -2.11. The molecule has 0 aliphatic rings. The van der Waals surface area contributed by atoms with Gasteiger partial charge in [-0.05, 0) is 31.5 Å². The van der Waals surface area contributed by atoms with Crippen LogP contribution in [0.3, 0.4) is 0 Å². The molecule has 0 fully saturated rings. The van der Waals surface area contributed by atoms with Gasteiger partial charge in [0.05, 0.1) is 0 Å². The highest BCUT2D eigenvalue weighted by molar-refractivity contribution is 6.05. The number of hydrogen-bond acceptors (Lipinski definition) is 6. The predicted octanol–water partition coefficient (Wildman–Crippen LogP) is 3.37. The standard InChI is InChI=1S/C22H20N2O6/c1-12-7-8-17(13(2)9-12)23-22(29)24-19(26)11-30-21(28)16-10-18(25)14-5-3-4-6-15(14)20(16)27/h3-10,25,27H,11H2,1-2H3,(H2,23,24,26,29). The molecular weight excluding hydrogens is 388 g/mol. The number of amides is 3. The van der Waals surface area contributed by atoms with Crippen molar-refractivity contribution in [1.82, 2.24) is 5.32 Å². The van der Waals surface area contributed by atoms with Crippen molar-refractivity contribution >= 4 is 34.4 Å². The summed E-state index contributed by atoms with van der Waals surface area (Å²) in [6.45, 7) is 2.99. The zero-order chi connectivity index (χ0) is 21.8. The molecule has 0 aromatic heterocycles. The fourth-order valence-corrected chi connectivity index (χ4v) is 2.98. The number of hydrogen-bond donors (Lipinski definition) is 4. The molecule has 3 aromatic rings. The van der Waals surface area contributed by atoms with Crippen molar-refractivity contribution in [2.75, 3.05) is 11.9 Å². The number of imide groups is 1. The molecule has 0 unspecified atom stereocenters. The normalized spacial score (nSPS) is 10.5. The van der Waals surface area contributed by atoms with E-state index in [2.05, 4.69) is 10.6 Å². The largest absolute Gasteiger partial charge is 0.507 e. The molecule has 3 rings (SSSR count). The second kappa shape index (κ2) is 8.52. The first-order chi connectivity index (χ1) is 14.3. The first-order valence-corrected chi connectivity index (χ1v) is 9.05. The average Bonchev–Trinajstić information content (AvgIpc) is 2.71. The summed E-state index contributed by atoms with van der Waals surface area (Å²) in [7, 11) is 0. The number of benzene rings is 3. The number of nitrogens with one attached hydrogen (secondary N) is 2. The van der Waals surface area contributed by atoms with Crippen LogP contribution in [0.4, 0.5) is 10.5 Å². The summed E-state index contributed by atoms with van der Waals surface area (Å²) in [6.07, 6.45) is 0. The summed E-state index contributed by atoms with van der Waals surface area (Å²) in [5.74, 6) is -2.46. The number of carbonyl (C=O) groups excluding carboxylic acids is 3. The number of rotatable bonds is 4. The molecule has 154 valence electrons. The summed E-state index contributed by atoms with van der Waals surface area (Å²) >= 11 is 0. The maximum Gasteiger partial charge on any atom is 0.342 e. The third-order valence-electron chi connectivity index (χ3n) is 4.43. The predicted molar refractivity (Wildman–Crippen MR) is 111 cm³/mol. The van der Waals surface area contributed by atoms with E-state index in [0.29, 0.717) is 11.1 Å². The minimum Gasteiger partial charge on any atom is -0.507 e. The summed E-state index contributed by atoms with van der Waals surface area (Å²) in [5.41, 5.74) is 2.11. The highest BCUT2D eigenvalue weighted by Gasteiger charge is 2.19. The van der Waals surface area contributed by atoms with Gasteiger partial charge in [-0.2, -0.15) is 0 Å². The fourth-order valence-electron chi connectivity index (χ4n) is 2.98. The molecule has 0 bridgehead atoms. The number of aromatic hydroxyl groups is 2. The highest BCUT2D eigenvalue weighted by Crippen LogP contribution is 2.35. The van der Waals surface area contributed by atoms with Crippen LogP contribution in [0.2, 0.25) is 0 Å². The van der Waals surface area contributed by atoms with E-state index < -0.39 is 24.5 Å². The monoisotopic (exact) mass is 408 g/mol. The van der Waals surface area contributed by atoms with Gasteiger partial charge >= 0.3 is 12.0 Å². The van der Waals surface area contributed by atoms with Gasteiger partial charge in [-0.3, -0.25) is 10.1 Å². The molecule has 0 atom stereocenters. The van der Waals surface area contributed by atoms with Crippen molar-refractivity contribution in [2.24, 2.45) is 0 Å². The minimum atomic E-state index is -1.02. The zero-order valence-corrected chi connectivity index (χ0v) is 16.4. The third kappa shape index (κ3) is 4.49. The molecule has 0 spiro atoms. The Hall–Kier alpha value is -4.07. The number of phenols is 2. The van der Waals surface area contributed by atoms with Crippen LogP contribution >= 0.6 is 0 Å². The van der Waals surface area contributed by atoms with E-state index in [4.69, 9.17) is 4.74 Å². The minimum absolute atomic E-state index is 0.215. The van der Waals surface area contributed by atoms with Gasteiger partial charge in [0.25, 0.3) is 5.91 Å². The Morgan fingerprint density at radius 1 is 0.967 bits per heavy atom. The van der Waals surface area contributed by atoms with Gasteiger partial charge in [-0.15, -0.1) is 0 Å². The van der Waals surface area contributed by atoms with Crippen LogP contribution in [0, 0.1) is 13.8 Å². The number of phenolic OH excluding ortho intramolecular Hbond substituents is 2. The van der Waals surface area contributed by atoms with Crippen molar-refractivity contribution in [3.63, 3.8) is 0 Å². The van der Waals surface area contributed by atoms with E-state index in [1.165, 1.54) is 6.07 Å². The average molecular weight is 408 g/mol. The summed E-state index contributed by atoms with van der Waals surface area (Å²) in [5, 5.41) is 25.6. The van der Waals surface area contributed by atoms with Crippen LogP contribution < -0.4 is 10.6 Å². The number of aryl methyl sites for hydroxylation is 2. The Bertz CT molecular complexity index is 1160. The van der Waals surface area contributed by atoms with Crippen LogP contribution in [0.15, 0.2) is 48.5 Å². The maximum absolute atomic E-state index is 12.2. The van der Waals surface area contributed by atoms with Gasteiger partial charge < -0.3 is 20.3 Å². The van der Waals surface area contributed by atoms with E-state index in [9.17, 15) is 24.6 Å². The zero-order valence-electron chi connectivity index (χ0n) is 16.4. The van der Waals surface area contributed by atoms with Crippen molar-refractivity contribution in [1.29, 1.82) is 0 Å². The lowest BCUT2D eigenvalue weighted by Crippen LogP contribution is -2.37. The molecule has 4 N–H and O–H groups in total. The highest BCUT2D eigenvalue weighted by atomic mass is 16.5. The molecule has 30 heavy (non-hydrogen) atoms. The van der Waals surface area contributed by atoms with E-state index in [-0.39, 0.29) is 22.4 Å². The van der Waals surface area contributed by atoms with Gasteiger partial charge in [0.15, 0.2) is 6.61 Å². The van der Waals surface area contributed by atoms with Crippen LogP contribution in [0.25, 0.3) is 10.8 Å². The molecule has 0 radical (unpaired) electrons. The van der Waals surface area contributed by atoms with Crippen molar-refractivity contribution in [2.45, 2.75) is 13.8 Å². The maximum atomic E-state index is 12.2. The molecule has 0 saturated heterocycles. The van der Waals surface area contributed by atoms with E-state index >= 15 is 0 Å². The molecule has 0 saturated carbocycles. The third-order valence-corrected chi connectivity index (χ3v) is 4.43. The van der Waals surface area contributed by atoms with E-state index in [0.717, 1.165) is 17.2 Å². The fraction of sp³-hybridized carbons (Fsp3) is 0.136. The smallest absolute Gasteiger partial charge is 0.342 e. The van der Waals surface area contributed by atoms with Gasteiger partial charge in [-0.1, -0.05) is 42.0 Å². The quantitative estimate of drug-likeness (QED) is 0.387. The number of anilines is 1. The van der Waals surface area contributed by atoms with Gasteiger partial charge in [0.1, 0.15) is 17.1 Å². The van der Waals surface area contributed by atoms with Crippen LogP contribution in [-0.2, 0) is 9.53 Å². The second-order valence-electron chi connectivity index (χ2n) is 6.73. The lowest BCUT2D eigenvalue weighted by molar-refractivity contribution is -0.123. The molecule has 0 heterocycles. The molecule has 0 aliphatic heterocycles. The molecule has 8 nitrogen and oxygen atoms in total. The van der Waals surface area contributed by atoms with Crippen LogP contribution in [-0.4, -0.2) is 34.7 Å². The Morgan fingerprint density at radius 2 is 1.67 bits per heavy atom. The van der Waals surface area contributed by atoms with Crippen molar-refractivity contribution in [3.05, 3.63) is 65.2 Å². The molecule has 0 aliphatic carbocycles. The van der Waals surface area contributed by atoms with E-state index in [1.807, 2.05) is 26.0 Å². The lowest BCUT2D eigenvalue weighted by atomic mass is 10.0. The number of esters is 1. The molecular formula is C22H20N2O6. The number of fused-ring (bicyclic) bond motifs is 1.